The molecule has 0 aliphatic carbocycles. The summed E-state index contributed by atoms with van der Waals surface area (Å²) >= 11 is 3.46. The number of methoxy groups -OCH3 is 2. The number of fused-ring (bicyclic) bond motifs is 2. The smallest absolute Gasteiger partial charge is 0.346 e. The van der Waals surface area contributed by atoms with E-state index in [1.165, 1.54) is 25.1 Å². The Hall–Kier alpha value is -4.44. The van der Waals surface area contributed by atoms with E-state index < -0.39 is 12.1 Å². The number of furan rings is 1. The Balaban J connectivity index is 1.69. The molecule has 0 amide bonds. The standard InChI is InChI=1S/C28H22BrN3O6/c1-16(28(34)36-3)37-25-18(12-19(29)14-23(25)35-2)15-30-32-26(24-13-17-8-4-7-11-22(17)38-24)31-21-10-6-5-9-20(21)27(32)33/h4-16H,1-3H3/t16-/m1/s1. The number of esters is 1. The van der Waals surface area contributed by atoms with Crippen molar-refractivity contribution in [2.45, 2.75) is 13.0 Å². The van der Waals surface area contributed by atoms with Gasteiger partial charge >= 0.3 is 5.97 Å². The molecule has 0 aliphatic rings. The first-order valence-corrected chi connectivity index (χ1v) is 12.4. The van der Waals surface area contributed by atoms with Crippen LogP contribution in [0, 0.1) is 0 Å². The van der Waals surface area contributed by atoms with Crippen molar-refractivity contribution in [1.82, 2.24) is 9.66 Å². The van der Waals surface area contributed by atoms with Crippen LogP contribution in [0.5, 0.6) is 11.5 Å². The van der Waals surface area contributed by atoms with Crippen molar-refractivity contribution in [3.63, 3.8) is 0 Å². The molecule has 0 saturated carbocycles. The van der Waals surface area contributed by atoms with E-state index >= 15 is 0 Å². The quantitative estimate of drug-likeness (QED) is 0.189. The van der Waals surface area contributed by atoms with Gasteiger partial charge in [0.1, 0.15) is 5.58 Å². The number of carbonyl (C=O) groups excluding carboxylic acids is 1. The molecule has 0 unspecified atom stereocenters. The van der Waals surface area contributed by atoms with Gasteiger partial charge in [-0.05, 0) is 43.3 Å². The third-order valence-electron chi connectivity index (χ3n) is 5.81. The van der Waals surface area contributed by atoms with E-state index in [1.54, 1.807) is 37.3 Å². The van der Waals surface area contributed by atoms with Crippen LogP contribution in [0.15, 0.2) is 85.5 Å². The summed E-state index contributed by atoms with van der Waals surface area (Å²) in [6, 6.07) is 19.8. The Labute approximate surface area is 225 Å². The zero-order chi connectivity index (χ0) is 26.8. The van der Waals surface area contributed by atoms with Gasteiger partial charge in [-0.15, -0.1) is 0 Å². The minimum atomic E-state index is -0.918. The van der Waals surface area contributed by atoms with E-state index in [0.29, 0.717) is 38.0 Å². The molecule has 5 aromatic rings. The van der Waals surface area contributed by atoms with Crippen molar-refractivity contribution in [3.05, 3.63) is 87.1 Å². The number of halogens is 1. The highest BCUT2D eigenvalue weighted by atomic mass is 79.9. The van der Waals surface area contributed by atoms with Gasteiger partial charge in [-0.3, -0.25) is 4.79 Å². The van der Waals surface area contributed by atoms with Crippen molar-refractivity contribution < 1.29 is 23.4 Å². The number of hydrogen-bond acceptors (Lipinski definition) is 8. The number of nitrogens with zero attached hydrogens (tertiary/aromatic N) is 3. The van der Waals surface area contributed by atoms with Gasteiger partial charge in [0.2, 0.25) is 5.82 Å². The highest BCUT2D eigenvalue weighted by Gasteiger charge is 2.21. The van der Waals surface area contributed by atoms with Crippen LogP contribution in [0.1, 0.15) is 12.5 Å². The first-order chi connectivity index (χ1) is 18.4. The van der Waals surface area contributed by atoms with E-state index in [-0.39, 0.29) is 17.1 Å². The lowest BCUT2D eigenvalue weighted by Crippen LogP contribution is -2.25. The summed E-state index contributed by atoms with van der Waals surface area (Å²) in [6.45, 7) is 1.56. The van der Waals surface area contributed by atoms with E-state index in [2.05, 4.69) is 21.0 Å². The number of hydrogen-bond donors (Lipinski definition) is 0. The second-order valence-electron chi connectivity index (χ2n) is 8.27. The van der Waals surface area contributed by atoms with Gasteiger partial charge < -0.3 is 18.6 Å². The van der Waals surface area contributed by atoms with Crippen LogP contribution in [-0.4, -0.2) is 42.2 Å². The van der Waals surface area contributed by atoms with E-state index in [9.17, 15) is 9.59 Å². The number of para-hydroxylation sites is 2. The number of carbonyl (C=O) groups is 1. The maximum absolute atomic E-state index is 13.6. The van der Waals surface area contributed by atoms with Gasteiger partial charge in [0.15, 0.2) is 23.4 Å². The molecule has 0 aliphatic heterocycles. The highest BCUT2D eigenvalue weighted by molar-refractivity contribution is 9.10. The molecule has 0 saturated heterocycles. The molecule has 192 valence electrons. The molecule has 38 heavy (non-hydrogen) atoms. The third-order valence-corrected chi connectivity index (χ3v) is 6.27. The van der Waals surface area contributed by atoms with Crippen LogP contribution >= 0.6 is 15.9 Å². The average molecular weight is 576 g/mol. The summed E-state index contributed by atoms with van der Waals surface area (Å²) in [5.41, 5.74) is 1.24. The Kier molecular flexibility index (Phi) is 6.97. The van der Waals surface area contributed by atoms with Crippen LogP contribution in [0.3, 0.4) is 0 Å². The Morgan fingerprint density at radius 1 is 1.11 bits per heavy atom. The topological polar surface area (TPSA) is 105 Å². The Bertz CT molecular complexity index is 1720. The van der Waals surface area contributed by atoms with Gasteiger partial charge in [-0.25, -0.2) is 9.78 Å². The molecule has 0 radical (unpaired) electrons. The summed E-state index contributed by atoms with van der Waals surface area (Å²) < 4.78 is 24.0. The number of aromatic nitrogens is 2. The van der Waals surface area contributed by atoms with Crippen molar-refractivity contribution in [1.29, 1.82) is 0 Å². The van der Waals surface area contributed by atoms with Crippen molar-refractivity contribution in [3.8, 4) is 23.1 Å². The molecule has 0 bridgehead atoms. The van der Waals surface area contributed by atoms with E-state index in [4.69, 9.17) is 23.6 Å². The van der Waals surface area contributed by atoms with Gasteiger partial charge in [-0.1, -0.05) is 46.3 Å². The fourth-order valence-corrected chi connectivity index (χ4v) is 4.41. The molecule has 2 heterocycles. The normalized spacial score (nSPS) is 12.2. The lowest BCUT2D eigenvalue weighted by Gasteiger charge is -2.17. The summed E-state index contributed by atoms with van der Waals surface area (Å²) in [5.74, 6) is 0.671. The lowest BCUT2D eigenvalue weighted by molar-refractivity contribution is -0.147. The zero-order valence-electron chi connectivity index (χ0n) is 20.7. The summed E-state index contributed by atoms with van der Waals surface area (Å²) in [5, 5.41) is 5.77. The molecule has 5 rings (SSSR count). The molecule has 3 aromatic carbocycles. The van der Waals surface area contributed by atoms with Gasteiger partial charge in [-0.2, -0.15) is 9.78 Å². The first-order valence-electron chi connectivity index (χ1n) is 11.6. The molecular weight excluding hydrogens is 554 g/mol. The van der Waals surface area contributed by atoms with Gasteiger partial charge in [0, 0.05) is 15.4 Å². The Morgan fingerprint density at radius 3 is 2.63 bits per heavy atom. The summed E-state index contributed by atoms with van der Waals surface area (Å²) in [6.07, 6.45) is 0.523. The van der Waals surface area contributed by atoms with E-state index in [1.807, 2.05) is 36.4 Å². The molecule has 10 heteroatoms. The van der Waals surface area contributed by atoms with Crippen molar-refractivity contribution in [2.24, 2.45) is 5.10 Å². The first kappa shape index (κ1) is 25.2. The van der Waals surface area contributed by atoms with Crippen LogP contribution < -0.4 is 15.0 Å². The monoisotopic (exact) mass is 575 g/mol. The largest absolute Gasteiger partial charge is 0.493 e. The minimum absolute atomic E-state index is 0.230. The van der Waals surface area contributed by atoms with Crippen LogP contribution in [0.4, 0.5) is 0 Å². The molecule has 0 spiro atoms. The van der Waals surface area contributed by atoms with Gasteiger partial charge in [0.05, 0.1) is 31.3 Å². The average Bonchev–Trinajstić information content (AvgIpc) is 3.37. The predicted octanol–water partition coefficient (Wildman–Crippen LogP) is 5.40. The SMILES string of the molecule is COC(=O)[C@@H](C)Oc1c(C=Nn2c(-c3cc4ccccc4o3)nc3ccccc3c2=O)cc(Br)cc1OC. The summed E-state index contributed by atoms with van der Waals surface area (Å²) in [7, 11) is 2.76. The molecule has 9 nitrogen and oxygen atoms in total. The van der Waals surface area contributed by atoms with Crippen molar-refractivity contribution in [2.75, 3.05) is 14.2 Å². The fraction of sp³-hybridized carbons (Fsp3) is 0.143. The van der Waals surface area contributed by atoms with E-state index in [0.717, 1.165) is 5.39 Å². The number of rotatable bonds is 7. The van der Waals surface area contributed by atoms with Crippen LogP contribution in [0.25, 0.3) is 33.5 Å². The predicted molar refractivity (Wildman–Crippen MR) is 147 cm³/mol. The van der Waals surface area contributed by atoms with Crippen LogP contribution in [-0.2, 0) is 9.53 Å². The zero-order valence-corrected chi connectivity index (χ0v) is 22.3. The molecule has 0 N–H and O–H groups in total. The number of ether oxygens (including phenoxy) is 3. The molecule has 1 atom stereocenters. The fourth-order valence-electron chi connectivity index (χ4n) is 3.96. The van der Waals surface area contributed by atoms with Crippen molar-refractivity contribution >= 4 is 50.0 Å². The minimum Gasteiger partial charge on any atom is -0.493 e. The Morgan fingerprint density at radius 2 is 1.87 bits per heavy atom. The number of benzene rings is 3. The van der Waals surface area contributed by atoms with Crippen LogP contribution in [0.2, 0.25) is 0 Å². The lowest BCUT2D eigenvalue weighted by atomic mass is 10.2. The third kappa shape index (κ3) is 4.78. The van der Waals surface area contributed by atoms with Gasteiger partial charge in [0.25, 0.3) is 5.56 Å². The maximum atomic E-state index is 13.6. The summed E-state index contributed by atoms with van der Waals surface area (Å²) in [4.78, 5) is 30.3. The second-order valence-corrected chi connectivity index (χ2v) is 9.19. The highest BCUT2D eigenvalue weighted by Crippen LogP contribution is 2.35. The molecule has 2 aromatic heterocycles. The molecular formula is C28H22BrN3O6. The second kappa shape index (κ2) is 10.5. The molecule has 0 fully saturated rings. The maximum Gasteiger partial charge on any atom is 0.346 e.